The molecule has 0 aliphatic carbocycles. The van der Waals surface area contributed by atoms with Crippen molar-refractivity contribution in [2.24, 2.45) is 0 Å². The minimum Gasteiger partial charge on any atom is -0.378 e. The number of likely N-dealkylation sites (tertiary alicyclic amines) is 2. The Morgan fingerprint density at radius 1 is 0.935 bits per heavy atom. The Balaban J connectivity index is 2.04. The molecule has 2 fully saturated rings. The van der Waals surface area contributed by atoms with Gasteiger partial charge in [-0.2, -0.15) is 0 Å². The topological polar surface area (TPSA) is 31.4 Å². The largest absolute Gasteiger partial charge is 0.378 e. The molecule has 6 nitrogen and oxygen atoms in total. The molecule has 0 bridgehead atoms. The highest BCUT2D eigenvalue weighted by Crippen LogP contribution is 2.39. The van der Waals surface area contributed by atoms with Crippen molar-refractivity contribution in [1.29, 1.82) is 0 Å². The van der Waals surface area contributed by atoms with E-state index in [0.29, 0.717) is 12.1 Å². The number of methoxy groups -OCH3 is 1. The quantitative estimate of drug-likeness (QED) is 0.548. The number of rotatable bonds is 9. The number of hydrogen-bond acceptors (Lipinski definition) is 6. The molecule has 2 aliphatic heterocycles. The molecule has 2 heterocycles. The Bertz CT molecular complexity index is 572. The zero-order valence-electron chi connectivity index (χ0n) is 22.7. The van der Waals surface area contributed by atoms with E-state index in [1.54, 1.807) is 0 Å². The summed E-state index contributed by atoms with van der Waals surface area (Å²) in [6, 6.07) is 0.791. The number of nitrogens with zero attached hydrogens (tertiary/aromatic N) is 4. The van der Waals surface area contributed by atoms with Crippen LogP contribution < -0.4 is 0 Å². The van der Waals surface area contributed by atoms with Crippen LogP contribution in [-0.4, -0.2) is 122 Å². The first kappa shape index (κ1) is 27.0. The van der Waals surface area contributed by atoms with Gasteiger partial charge in [-0.1, -0.05) is 6.92 Å². The van der Waals surface area contributed by atoms with E-state index in [4.69, 9.17) is 9.47 Å². The Kier molecular flexibility index (Phi) is 8.66. The molecule has 2 unspecified atom stereocenters. The Hall–Kier alpha value is -0.240. The first-order chi connectivity index (χ1) is 14.2. The Labute approximate surface area is 193 Å². The summed E-state index contributed by atoms with van der Waals surface area (Å²) in [5.74, 6) is 0. The van der Waals surface area contributed by atoms with Crippen molar-refractivity contribution in [3.05, 3.63) is 0 Å². The lowest BCUT2D eigenvalue weighted by atomic mass is 9.92. The molecule has 6 heteroatoms. The third kappa shape index (κ3) is 5.47. The van der Waals surface area contributed by atoms with Crippen LogP contribution in [0.5, 0.6) is 0 Å². The second-order valence-electron chi connectivity index (χ2n) is 12.1. The van der Waals surface area contributed by atoms with Gasteiger partial charge >= 0.3 is 0 Å². The van der Waals surface area contributed by atoms with Crippen molar-refractivity contribution in [2.45, 2.75) is 103 Å². The number of likely N-dealkylation sites (N-methyl/N-ethyl adjacent to an activating group) is 2. The van der Waals surface area contributed by atoms with Gasteiger partial charge in [-0.05, 0) is 82.6 Å². The molecule has 184 valence electrons. The molecule has 2 rings (SSSR count). The lowest BCUT2D eigenvalue weighted by Gasteiger charge is -2.44. The zero-order chi connectivity index (χ0) is 23.8. The van der Waals surface area contributed by atoms with Gasteiger partial charge in [-0.25, -0.2) is 0 Å². The van der Waals surface area contributed by atoms with Crippen molar-refractivity contribution in [1.82, 2.24) is 19.6 Å². The second-order valence-corrected chi connectivity index (χ2v) is 12.1. The monoisotopic (exact) mass is 440 g/mol. The van der Waals surface area contributed by atoms with Crippen molar-refractivity contribution in [2.75, 3.05) is 61.0 Å². The number of ether oxygens (including phenoxy) is 2. The molecule has 0 aromatic carbocycles. The standard InChI is InChI=1S/C25H52N4O2/c1-13-14-28-17-20(21(30-12)24(28,5)6)27(11)15-16-31-22-19(26(9)10)18-29(23(2,3)4)25(22,7)8/h19-22H,13-18H2,1-12H3/t19-,20+,21?,22?/m1/s1. The normalized spacial score (nSPS) is 31.9. The summed E-state index contributed by atoms with van der Waals surface area (Å²) < 4.78 is 12.7. The predicted octanol–water partition coefficient (Wildman–Crippen LogP) is 3.01. The molecule has 2 aliphatic rings. The lowest BCUT2D eigenvalue weighted by Crippen LogP contribution is -2.55. The maximum atomic E-state index is 6.66. The van der Waals surface area contributed by atoms with E-state index in [2.05, 4.69) is 96.1 Å². The maximum Gasteiger partial charge on any atom is 0.0921 e. The SMILES string of the molecule is CCCN1C[C@H](N(C)CCOC2[C@H](N(C)C)CN(C(C)(C)C)C2(C)C)C(OC)C1(C)C. The molecule has 2 saturated heterocycles. The van der Waals surface area contributed by atoms with Gasteiger partial charge in [0, 0.05) is 49.4 Å². The molecule has 0 spiro atoms. The van der Waals surface area contributed by atoms with Gasteiger partial charge in [0.2, 0.25) is 0 Å². The Morgan fingerprint density at radius 3 is 2.03 bits per heavy atom. The molecule has 31 heavy (non-hydrogen) atoms. The van der Waals surface area contributed by atoms with Gasteiger partial charge in [0.05, 0.1) is 24.9 Å². The van der Waals surface area contributed by atoms with Crippen molar-refractivity contribution in [3.8, 4) is 0 Å². The molecule has 0 radical (unpaired) electrons. The molecule has 0 aromatic rings. The van der Waals surface area contributed by atoms with Gasteiger partial charge in [-0.3, -0.25) is 14.7 Å². The Morgan fingerprint density at radius 2 is 1.55 bits per heavy atom. The van der Waals surface area contributed by atoms with Crippen LogP contribution in [0.4, 0.5) is 0 Å². The summed E-state index contributed by atoms with van der Waals surface area (Å²) in [5.41, 5.74) is 0.172. The summed E-state index contributed by atoms with van der Waals surface area (Å²) in [6.07, 6.45) is 1.56. The first-order valence-electron chi connectivity index (χ1n) is 12.2. The molecular weight excluding hydrogens is 388 g/mol. The van der Waals surface area contributed by atoms with E-state index in [1.807, 2.05) is 7.11 Å². The van der Waals surface area contributed by atoms with Crippen LogP contribution >= 0.6 is 0 Å². The van der Waals surface area contributed by atoms with Crippen LogP contribution in [0.2, 0.25) is 0 Å². The van der Waals surface area contributed by atoms with Crippen LogP contribution in [0.15, 0.2) is 0 Å². The maximum absolute atomic E-state index is 6.66. The number of hydrogen-bond donors (Lipinski definition) is 0. The van der Waals surface area contributed by atoms with E-state index in [-0.39, 0.29) is 28.8 Å². The second kappa shape index (κ2) is 9.94. The minimum absolute atomic E-state index is 0.00586. The third-order valence-electron chi connectivity index (χ3n) is 7.91. The summed E-state index contributed by atoms with van der Waals surface area (Å²) in [4.78, 5) is 10.00. The molecule has 0 saturated carbocycles. The van der Waals surface area contributed by atoms with E-state index in [1.165, 1.54) is 6.42 Å². The van der Waals surface area contributed by atoms with Gasteiger partial charge in [0.1, 0.15) is 0 Å². The van der Waals surface area contributed by atoms with Crippen LogP contribution in [0.25, 0.3) is 0 Å². The third-order valence-corrected chi connectivity index (χ3v) is 7.91. The smallest absolute Gasteiger partial charge is 0.0921 e. The van der Waals surface area contributed by atoms with Crippen LogP contribution in [0, 0.1) is 0 Å². The highest BCUT2D eigenvalue weighted by Gasteiger charge is 2.53. The fourth-order valence-electron chi connectivity index (χ4n) is 6.19. The van der Waals surface area contributed by atoms with Crippen LogP contribution in [0.1, 0.15) is 61.8 Å². The average molecular weight is 441 g/mol. The fourth-order valence-corrected chi connectivity index (χ4v) is 6.19. The molecule has 4 atom stereocenters. The minimum atomic E-state index is -0.00586. The van der Waals surface area contributed by atoms with E-state index < -0.39 is 0 Å². The summed E-state index contributed by atoms with van der Waals surface area (Å²) >= 11 is 0. The van der Waals surface area contributed by atoms with Crippen LogP contribution in [-0.2, 0) is 9.47 Å². The first-order valence-corrected chi connectivity index (χ1v) is 12.2. The summed E-state index contributed by atoms with van der Waals surface area (Å²) in [5, 5.41) is 0. The predicted molar refractivity (Wildman–Crippen MR) is 131 cm³/mol. The summed E-state index contributed by atoms with van der Waals surface area (Å²) in [6.45, 7) is 23.4. The fraction of sp³-hybridized carbons (Fsp3) is 1.00. The van der Waals surface area contributed by atoms with Gasteiger partial charge < -0.3 is 14.4 Å². The van der Waals surface area contributed by atoms with Gasteiger partial charge in [-0.15, -0.1) is 0 Å². The van der Waals surface area contributed by atoms with Gasteiger partial charge in [0.25, 0.3) is 0 Å². The van der Waals surface area contributed by atoms with E-state index in [0.717, 1.165) is 32.8 Å². The zero-order valence-corrected chi connectivity index (χ0v) is 22.7. The van der Waals surface area contributed by atoms with Crippen molar-refractivity contribution >= 4 is 0 Å². The highest BCUT2D eigenvalue weighted by atomic mass is 16.5. The highest BCUT2D eigenvalue weighted by molar-refractivity contribution is 5.09. The van der Waals surface area contributed by atoms with Crippen molar-refractivity contribution in [3.63, 3.8) is 0 Å². The summed E-state index contributed by atoms with van der Waals surface area (Å²) in [7, 11) is 8.46. The van der Waals surface area contributed by atoms with Crippen LogP contribution in [0.3, 0.4) is 0 Å². The van der Waals surface area contributed by atoms with E-state index in [9.17, 15) is 0 Å². The molecule has 0 aromatic heterocycles. The van der Waals surface area contributed by atoms with Gasteiger partial charge in [0.15, 0.2) is 0 Å². The molecule has 0 N–H and O–H groups in total. The van der Waals surface area contributed by atoms with Crippen molar-refractivity contribution < 1.29 is 9.47 Å². The van der Waals surface area contributed by atoms with E-state index >= 15 is 0 Å². The average Bonchev–Trinajstić information content (AvgIpc) is 3.05. The molecular formula is C25H52N4O2. The lowest BCUT2D eigenvalue weighted by molar-refractivity contribution is -0.0588. The molecule has 0 amide bonds.